The molecule has 0 saturated carbocycles. The van der Waals surface area contributed by atoms with E-state index in [1.54, 1.807) is 18.5 Å². The van der Waals surface area contributed by atoms with Crippen molar-refractivity contribution >= 4 is 11.7 Å². The standard InChI is InChI=1S/C26H20F3N5O3/c27-26(28,29)22-5-1-14(11-31-22)19-12-32-24(33-19)16-9-15-10-17(2-4-20(15)36-13-16)37-21-7-8-30-25-18(21)3-6-23(35)34-25/h1-2,4-5,7-8,10-12,16H,3,6,9,13H2,(H,32,33)(H,30,34,35). The fourth-order valence-corrected chi connectivity index (χ4v) is 4.50. The lowest BCUT2D eigenvalue weighted by atomic mass is 9.96. The van der Waals surface area contributed by atoms with Gasteiger partial charge in [-0.3, -0.25) is 9.78 Å². The van der Waals surface area contributed by atoms with Gasteiger partial charge in [-0.25, -0.2) is 9.97 Å². The maximum atomic E-state index is 12.8. The first-order chi connectivity index (χ1) is 17.8. The maximum Gasteiger partial charge on any atom is 0.433 e. The number of carbonyl (C=O) groups excluding carboxylic acids is 1. The summed E-state index contributed by atoms with van der Waals surface area (Å²) in [6.07, 6.45) is 1.44. The Kier molecular flexibility index (Phi) is 5.54. The number of hydrogen-bond acceptors (Lipinski definition) is 6. The normalized spacial score (nSPS) is 16.8. The van der Waals surface area contributed by atoms with Gasteiger partial charge in [0.2, 0.25) is 5.91 Å². The zero-order valence-electron chi connectivity index (χ0n) is 19.3. The molecule has 5 heterocycles. The maximum absolute atomic E-state index is 12.8. The number of aromatic nitrogens is 4. The summed E-state index contributed by atoms with van der Waals surface area (Å²) in [4.78, 5) is 27.1. The molecule has 1 amide bonds. The Morgan fingerprint density at radius 2 is 1.92 bits per heavy atom. The summed E-state index contributed by atoms with van der Waals surface area (Å²) in [5.74, 6) is 3.07. The van der Waals surface area contributed by atoms with E-state index < -0.39 is 11.9 Å². The van der Waals surface area contributed by atoms with E-state index in [9.17, 15) is 18.0 Å². The highest BCUT2D eigenvalue weighted by molar-refractivity contribution is 5.93. The van der Waals surface area contributed by atoms with Crippen LogP contribution in [0.3, 0.4) is 0 Å². The minimum absolute atomic E-state index is 0.0650. The summed E-state index contributed by atoms with van der Waals surface area (Å²) in [6.45, 7) is 0.406. The number of benzene rings is 1. The van der Waals surface area contributed by atoms with E-state index in [1.807, 2.05) is 18.2 Å². The first kappa shape index (κ1) is 23.0. The number of nitrogens with zero attached hydrogens (tertiary/aromatic N) is 3. The van der Waals surface area contributed by atoms with Crippen LogP contribution in [0.25, 0.3) is 11.3 Å². The third kappa shape index (κ3) is 4.59. The number of rotatable bonds is 4. The second kappa shape index (κ2) is 8.91. The van der Waals surface area contributed by atoms with Crippen LogP contribution in [0, 0.1) is 0 Å². The highest BCUT2D eigenvalue weighted by atomic mass is 19.4. The molecule has 0 radical (unpaired) electrons. The molecule has 4 aromatic rings. The van der Waals surface area contributed by atoms with E-state index in [1.165, 1.54) is 12.3 Å². The largest absolute Gasteiger partial charge is 0.493 e. The van der Waals surface area contributed by atoms with Crippen LogP contribution in [0.15, 0.2) is 55.0 Å². The lowest BCUT2D eigenvalue weighted by Crippen LogP contribution is -2.20. The number of anilines is 1. The van der Waals surface area contributed by atoms with Crippen molar-refractivity contribution in [2.45, 2.75) is 31.4 Å². The molecule has 1 atom stereocenters. The molecule has 2 N–H and O–H groups in total. The van der Waals surface area contributed by atoms with Crippen molar-refractivity contribution in [1.29, 1.82) is 0 Å². The number of fused-ring (bicyclic) bond motifs is 2. The number of ether oxygens (including phenoxy) is 2. The van der Waals surface area contributed by atoms with E-state index in [4.69, 9.17) is 9.47 Å². The summed E-state index contributed by atoms with van der Waals surface area (Å²) < 4.78 is 50.5. The van der Waals surface area contributed by atoms with Crippen LogP contribution in [0.1, 0.15) is 35.0 Å². The number of hydrogen-bond donors (Lipinski definition) is 2. The van der Waals surface area contributed by atoms with E-state index >= 15 is 0 Å². The zero-order chi connectivity index (χ0) is 25.6. The van der Waals surface area contributed by atoms with E-state index in [-0.39, 0.29) is 11.8 Å². The second-order valence-corrected chi connectivity index (χ2v) is 8.88. The fraction of sp³-hybridized carbons (Fsp3) is 0.231. The minimum Gasteiger partial charge on any atom is -0.493 e. The van der Waals surface area contributed by atoms with Crippen molar-refractivity contribution in [1.82, 2.24) is 19.9 Å². The fourth-order valence-electron chi connectivity index (χ4n) is 4.50. The second-order valence-electron chi connectivity index (χ2n) is 8.88. The molecule has 0 saturated heterocycles. The number of H-pyrrole nitrogens is 1. The lowest BCUT2D eigenvalue weighted by molar-refractivity contribution is -0.141. The Bertz CT molecular complexity index is 1480. The van der Waals surface area contributed by atoms with Gasteiger partial charge < -0.3 is 19.8 Å². The van der Waals surface area contributed by atoms with Gasteiger partial charge in [0.1, 0.15) is 34.6 Å². The van der Waals surface area contributed by atoms with Gasteiger partial charge in [-0.05, 0) is 54.8 Å². The van der Waals surface area contributed by atoms with E-state index in [0.29, 0.717) is 60.3 Å². The van der Waals surface area contributed by atoms with E-state index in [0.717, 1.165) is 22.9 Å². The van der Waals surface area contributed by atoms with Crippen molar-refractivity contribution in [3.63, 3.8) is 0 Å². The predicted octanol–water partition coefficient (Wildman–Crippen LogP) is 5.28. The molecule has 1 unspecified atom stereocenters. The number of imidazole rings is 1. The van der Waals surface area contributed by atoms with Crippen LogP contribution in [0.2, 0.25) is 0 Å². The summed E-state index contributed by atoms with van der Waals surface area (Å²) in [7, 11) is 0. The molecule has 0 bridgehead atoms. The van der Waals surface area contributed by atoms with Gasteiger partial charge in [-0.1, -0.05) is 0 Å². The third-order valence-electron chi connectivity index (χ3n) is 6.39. The predicted molar refractivity (Wildman–Crippen MR) is 126 cm³/mol. The number of carbonyl (C=O) groups is 1. The number of pyridine rings is 2. The molecular weight excluding hydrogens is 487 g/mol. The number of alkyl halides is 3. The van der Waals surface area contributed by atoms with Gasteiger partial charge >= 0.3 is 6.18 Å². The Hall–Kier alpha value is -4.41. The molecule has 2 aliphatic rings. The molecule has 1 aromatic carbocycles. The molecule has 0 fully saturated rings. The zero-order valence-corrected chi connectivity index (χ0v) is 19.3. The first-order valence-electron chi connectivity index (χ1n) is 11.6. The van der Waals surface area contributed by atoms with Gasteiger partial charge in [-0.15, -0.1) is 0 Å². The molecule has 8 nitrogen and oxygen atoms in total. The number of aromatic amines is 1. The minimum atomic E-state index is -4.49. The quantitative estimate of drug-likeness (QED) is 0.390. The van der Waals surface area contributed by atoms with Crippen molar-refractivity contribution in [2.75, 3.05) is 11.9 Å². The van der Waals surface area contributed by atoms with E-state index in [2.05, 4.69) is 25.3 Å². The highest BCUT2D eigenvalue weighted by Gasteiger charge is 2.32. The SMILES string of the molecule is O=C1CCc2c(Oc3ccc4c(c3)CC(c3ncc(-c5ccc(C(F)(F)F)nc5)[nH]3)CO4)ccnc2N1. The summed E-state index contributed by atoms with van der Waals surface area (Å²) >= 11 is 0. The molecule has 11 heteroatoms. The van der Waals surface area contributed by atoms with Crippen molar-refractivity contribution in [2.24, 2.45) is 0 Å². The Morgan fingerprint density at radius 3 is 2.73 bits per heavy atom. The third-order valence-corrected chi connectivity index (χ3v) is 6.39. The van der Waals surface area contributed by atoms with Crippen molar-refractivity contribution in [3.05, 3.63) is 77.6 Å². The molecule has 3 aromatic heterocycles. The van der Waals surface area contributed by atoms with Gasteiger partial charge in [-0.2, -0.15) is 13.2 Å². The average molecular weight is 507 g/mol. The van der Waals surface area contributed by atoms with Crippen LogP contribution in [-0.2, 0) is 23.8 Å². The van der Waals surface area contributed by atoms with Crippen LogP contribution >= 0.6 is 0 Å². The Morgan fingerprint density at radius 1 is 1.03 bits per heavy atom. The number of amides is 1. The Labute approximate surface area is 208 Å². The van der Waals surface area contributed by atoms with Crippen LogP contribution < -0.4 is 14.8 Å². The first-order valence-corrected chi connectivity index (χ1v) is 11.6. The molecular formula is C26H20F3N5O3. The van der Waals surface area contributed by atoms with Crippen molar-refractivity contribution < 1.29 is 27.4 Å². The van der Waals surface area contributed by atoms with Gasteiger partial charge in [0.15, 0.2) is 0 Å². The molecule has 188 valence electrons. The van der Waals surface area contributed by atoms with Crippen LogP contribution in [0.5, 0.6) is 17.2 Å². The monoisotopic (exact) mass is 507 g/mol. The molecule has 6 rings (SSSR count). The molecule has 37 heavy (non-hydrogen) atoms. The topological polar surface area (TPSA) is 102 Å². The van der Waals surface area contributed by atoms with Gasteiger partial charge in [0.25, 0.3) is 0 Å². The molecule has 0 aliphatic carbocycles. The van der Waals surface area contributed by atoms with Gasteiger partial charge in [0.05, 0.1) is 24.4 Å². The number of halogens is 3. The lowest BCUT2D eigenvalue weighted by Gasteiger charge is -2.25. The summed E-state index contributed by atoms with van der Waals surface area (Å²) in [5, 5.41) is 2.77. The van der Waals surface area contributed by atoms with Crippen LogP contribution in [-0.4, -0.2) is 32.4 Å². The summed E-state index contributed by atoms with van der Waals surface area (Å²) in [6, 6.07) is 9.69. The smallest absolute Gasteiger partial charge is 0.433 e. The highest BCUT2D eigenvalue weighted by Crippen LogP contribution is 2.38. The van der Waals surface area contributed by atoms with Crippen molar-refractivity contribution in [3.8, 4) is 28.5 Å². The molecule has 2 aliphatic heterocycles. The van der Waals surface area contributed by atoms with Crippen LogP contribution in [0.4, 0.5) is 19.0 Å². The molecule has 0 spiro atoms. The number of nitrogens with one attached hydrogen (secondary N) is 2. The Balaban J connectivity index is 1.19. The average Bonchev–Trinajstić information content (AvgIpc) is 3.38. The summed E-state index contributed by atoms with van der Waals surface area (Å²) in [5.41, 5.74) is 1.95. The van der Waals surface area contributed by atoms with Gasteiger partial charge in [0, 0.05) is 29.9 Å².